The van der Waals surface area contributed by atoms with Gasteiger partial charge in [0.15, 0.2) is 0 Å². The van der Waals surface area contributed by atoms with Gasteiger partial charge in [-0.15, -0.1) is 11.6 Å². The summed E-state index contributed by atoms with van der Waals surface area (Å²) in [5.74, 6) is 0. The monoisotopic (exact) mass is 208 g/mol. The largest absolute Gasteiger partial charge is 0.114 e. The molecule has 1 rings (SSSR count). The van der Waals surface area contributed by atoms with E-state index in [1.54, 1.807) is 0 Å². The molecule has 0 aliphatic rings. The third kappa shape index (κ3) is 2.39. The first-order valence-electron chi connectivity index (χ1n) is 5.02. The molecule has 14 heavy (non-hydrogen) atoms. The first-order valence-corrected chi connectivity index (χ1v) is 5.40. The number of rotatable bonds is 4. The molecule has 1 heteroatoms. The molecule has 0 aliphatic heterocycles. The van der Waals surface area contributed by atoms with E-state index in [0.29, 0.717) is 0 Å². The highest BCUT2D eigenvalue weighted by Crippen LogP contribution is 2.35. The molecule has 0 bridgehead atoms. The smallest absolute Gasteiger partial charge is 0.0672 e. The van der Waals surface area contributed by atoms with Gasteiger partial charge in [-0.3, -0.25) is 0 Å². The van der Waals surface area contributed by atoms with Gasteiger partial charge in [-0.25, -0.2) is 0 Å². The molecular formula is C13H17Cl. The van der Waals surface area contributed by atoms with E-state index in [2.05, 4.69) is 32.6 Å². The van der Waals surface area contributed by atoms with E-state index in [1.165, 1.54) is 5.56 Å². The summed E-state index contributed by atoms with van der Waals surface area (Å²) in [5, 5.41) is 0. The van der Waals surface area contributed by atoms with Gasteiger partial charge < -0.3 is 0 Å². The molecular weight excluding hydrogens is 192 g/mol. The Kier molecular flexibility index (Phi) is 3.77. The van der Waals surface area contributed by atoms with Crippen LogP contribution in [-0.2, 0) is 4.87 Å². The third-order valence-electron chi connectivity index (χ3n) is 2.46. The molecule has 0 amide bonds. The lowest BCUT2D eigenvalue weighted by Gasteiger charge is -2.23. The van der Waals surface area contributed by atoms with Gasteiger partial charge in [0.25, 0.3) is 0 Å². The van der Waals surface area contributed by atoms with E-state index < -0.39 is 0 Å². The average Bonchev–Trinajstić information content (AvgIpc) is 2.18. The topological polar surface area (TPSA) is 0 Å². The minimum Gasteiger partial charge on any atom is -0.114 e. The van der Waals surface area contributed by atoms with Crippen molar-refractivity contribution in [3.05, 3.63) is 42.0 Å². The summed E-state index contributed by atoms with van der Waals surface area (Å²) in [6.07, 6.45) is 3.94. The van der Waals surface area contributed by atoms with Crippen molar-refractivity contribution in [2.45, 2.75) is 31.6 Å². The van der Waals surface area contributed by atoms with Crippen LogP contribution in [0.4, 0.5) is 0 Å². The van der Waals surface area contributed by atoms with Crippen LogP contribution < -0.4 is 0 Å². The van der Waals surface area contributed by atoms with Gasteiger partial charge in [0.05, 0.1) is 4.87 Å². The second-order valence-corrected chi connectivity index (χ2v) is 4.57. The van der Waals surface area contributed by atoms with E-state index >= 15 is 0 Å². The second kappa shape index (κ2) is 4.65. The summed E-state index contributed by atoms with van der Waals surface area (Å²) in [6, 6.07) is 8.18. The molecule has 0 aliphatic carbocycles. The van der Waals surface area contributed by atoms with Crippen LogP contribution in [0.3, 0.4) is 0 Å². The minimum atomic E-state index is -0.264. The van der Waals surface area contributed by atoms with E-state index in [4.69, 9.17) is 11.6 Å². The molecule has 76 valence electrons. The molecule has 1 unspecified atom stereocenters. The van der Waals surface area contributed by atoms with Crippen molar-refractivity contribution in [3.8, 4) is 0 Å². The van der Waals surface area contributed by atoms with Crippen molar-refractivity contribution in [2.75, 3.05) is 0 Å². The molecule has 0 nitrogen and oxygen atoms in total. The lowest BCUT2D eigenvalue weighted by atomic mass is 9.91. The van der Waals surface area contributed by atoms with Crippen molar-refractivity contribution in [3.63, 3.8) is 0 Å². The third-order valence-corrected chi connectivity index (χ3v) is 2.85. The maximum atomic E-state index is 6.50. The van der Waals surface area contributed by atoms with Gasteiger partial charge in [-0.2, -0.15) is 0 Å². The van der Waals surface area contributed by atoms with Crippen LogP contribution in [0.15, 0.2) is 30.8 Å². The molecule has 0 spiro atoms. The number of alkyl halides is 1. The lowest BCUT2D eigenvalue weighted by molar-refractivity contribution is 0.596. The Hall–Kier alpha value is -0.750. The van der Waals surface area contributed by atoms with Gasteiger partial charge in [0.2, 0.25) is 0 Å². The fraction of sp³-hybridized carbons (Fsp3) is 0.385. The summed E-state index contributed by atoms with van der Waals surface area (Å²) in [5.41, 5.74) is 2.32. The summed E-state index contributed by atoms with van der Waals surface area (Å²) in [6.45, 7) is 8.03. The van der Waals surface area contributed by atoms with Crippen molar-refractivity contribution >= 4 is 17.7 Å². The molecule has 0 N–H and O–H groups in total. The SMILES string of the molecule is C=Cc1ccccc1C(C)(Cl)CCC. The van der Waals surface area contributed by atoms with Crippen molar-refractivity contribution in [1.29, 1.82) is 0 Å². The van der Waals surface area contributed by atoms with Crippen LogP contribution in [-0.4, -0.2) is 0 Å². The van der Waals surface area contributed by atoms with Crippen LogP contribution in [0.25, 0.3) is 6.08 Å². The zero-order valence-corrected chi connectivity index (χ0v) is 9.64. The van der Waals surface area contributed by atoms with Crippen molar-refractivity contribution in [1.82, 2.24) is 0 Å². The molecule has 0 radical (unpaired) electrons. The predicted octanol–water partition coefficient (Wildman–Crippen LogP) is 4.58. The zero-order valence-electron chi connectivity index (χ0n) is 8.89. The van der Waals surface area contributed by atoms with Crippen LogP contribution >= 0.6 is 11.6 Å². The van der Waals surface area contributed by atoms with Gasteiger partial charge in [0.1, 0.15) is 0 Å². The molecule has 1 atom stereocenters. The summed E-state index contributed by atoms with van der Waals surface area (Å²) in [7, 11) is 0. The average molecular weight is 209 g/mol. The first-order chi connectivity index (χ1) is 6.61. The molecule has 0 saturated heterocycles. The summed E-state index contributed by atoms with van der Waals surface area (Å²) in [4.78, 5) is -0.264. The molecule has 1 aromatic carbocycles. The van der Waals surface area contributed by atoms with Crippen molar-refractivity contribution < 1.29 is 0 Å². The Balaban J connectivity index is 3.10. The Labute approximate surface area is 91.6 Å². The predicted molar refractivity (Wildman–Crippen MR) is 64.6 cm³/mol. The second-order valence-electron chi connectivity index (χ2n) is 3.74. The van der Waals surface area contributed by atoms with Gasteiger partial charge in [-0.1, -0.05) is 50.3 Å². The fourth-order valence-corrected chi connectivity index (χ4v) is 2.11. The normalized spacial score (nSPS) is 14.8. The highest BCUT2D eigenvalue weighted by Gasteiger charge is 2.23. The van der Waals surface area contributed by atoms with E-state index in [1.807, 2.05) is 18.2 Å². The Morgan fingerprint density at radius 3 is 2.64 bits per heavy atom. The molecule has 1 aromatic rings. The van der Waals surface area contributed by atoms with Gasteiger partial charge in [0, 0.05) is 0 Å². The standard InChI is InChI=1S/C13H17Cl/c1-4-10-13(3,14)12-9-7-6-8-11(12)5-2/h5-9H,2,4,10H2,1,3H3. The van der Waals surface area contributed by atoms with Crippen LogP contribution in [0.1, 0.15) is 37.8 Å². The van der Waals surface area contributed by atoms with Crippen LogP contribution in [0.5, 0.6) is 0 Å². The van der Waals surface area contributed by atoms with Crippen LogP contribution in [0, 0.1) is 0 Å². The van der Waals surface area contributed by atoms with Gasteiger partial charge in [-0.05, 0) is 24.5 Å². The number of benzene rings is 1. The number of hydrogen-bond acceptors (Lipinski definition) is 0. The maximum absolute atomic E-state index is 6.50. The molecule has 0 fully saturated rings. The lowest BCUT2D eigenvalue weighted by Crippen LogP contribution is -2.14. The van der Waals surface area contributed by atoms with E-state index in [0.717, 1.165) is 18.4 Å². The fourth-order valence-electron chi connectivity index (χ4n) is 1.75. The zero-order chi connectivity index (χ0) is 10.6. The number of hydrogen-bond donors (Lipinski definition) is 0. The summed E-state index contributed by atoms with van der Waals surface area (Å²) >= 11 is 6.50. The molecule has 0 aromatic heterocycles. The van der Waals surface area contributed by atoms with E-state index in [-0.39, 0.29) is 4.87 Å². The molecule has 0 heterocycles. The Morgan fingerprint density at radius 2 is 2.07 bits per heavy atom. The molecule has 0 saturated carbocycles. The first kappa shape index (κ1) is 11.3. The Bertz CT molecular complexity index is 313. The highest BCUT2D eigenvalue weighted by atomic mass is 35.5. The van der Waals surface area contributed by atoms with Crippen molar-refractivity contribution in [2.24, 2.45) is 0 Å². The highest BCUT2D eigenvalue weighted by molar-refractivity contribution is 6.24. The Morgan fingerprint density at radius 1 is 1.43 bits per heavy atom. The van der Waals surface area contributed by atoms with Gasteiger partial charge >= 0.3 is 0 Å². The van der Waals surface area contributed by atoms with Crippen LogP contribution in [0.2, 0.25) is 0 Å². The quantitative estimate of drug-likeness (QED) is 0.636. The maximum Gasteiger partial charge on any atom is 0.0672 e. The number of halogens is 1. The minimum absolute atomic E-state index is 0.264. The van der Waals surface area contributed by atoms with E-state index in [9.17, 15) is 0 Å². The summed E-state index contributed by atoms with van der Waals surface area (Å²) < 4.78 is 0.